The number of halogens is 1. The number of rotatable bonds is 8. The topological polar surface area (TPSA) is 133 Å². The van der Waals surface area contributed by atoms with Crippen LogP contribution in [0, 0.1) is 5.82 Å². The predicted octanol–water partition coefficient (Wildman–Crippen LogP) is 6.96. The molecule has 0 aliphatic carbocycles. The van der Waals surface area contributed by atoms with Gasteiger partial charge in [-0.05, 0) is 65.7 Å². The quantitative estimate of drug-likeness (QED) is 0.192. The van der Waals surface area contributed by atoms with Crippen LogP contribution in [0.3, 0.4) is 0 Å². The number of amides is 1. The van der Waals surface area contributed by atoms with Crippen LogP contribution in [0.4, 0.5) is 10.1 Å². The predicted molar refractivity (Wildman–Crippen MR) is 172 cm³/mol. The lowest BCUT2D eigenvalue weighted by atomic mass is 9.97. The third-order valence-corrected chi connectivity index (χ3v) is 9.52. The summed E-state index contributed by atoms with van der Waals surface area (Å²) >= 11 is 0. The van der Waals surface area contributed by atoms with Crippen molar-refractivity contribution in [2.24, 2.45) is 5.73 Å². The van der Waals surface area contributed by atoms with Crippen molar-refractivity contribution < 1.29 is 26.4 Å². The summed E-state index contributed by atoms with van der Waals surface area (Å²) < 4.78 is 54.6. The summed E-state index contributed by atoms with van der Waals surface area (Å²) in [5.74, 6) is -0.492. The molecule has 0 spiro atoms. The van der Waals surface area contributed by atoms with Crippen molar-refractivity contribution in [2.75, 3.05) is 11.4 Å². The number of nitrogens with zero attached hydrogens (tertiary/aromatic N) is 3. The molecule has 0 atom stereocenters. The van der Waals surface area contributed by atoms with Crippen LogP contribution in [0.1, 0.15) is 21.7 Å². The molecule has 3 heterocycles. The molecular weight excluding hydrogens is 607 g/mol. The molecule has 0 aliphatic rings. The van der Waals surface area contributed by atoms with Crippen molar-refractivity contribution >= 4 is 43.8 Å². The molecule has 0 saturated heterocycles. The first-order valence-electron chi connectivity index (χ1n) is 14.2. The Morgan fingerprint density at radius 1 is 0.870 bits per heavy atom. The number of aromatic nitrogens is 2. The number of furan rings is 1. The zero-order valence-corrected chi connectivity index (χ0v) is 25.2. The normalized spacial score (nSPS) is 11.7. The van der Waals surface area contributed by atoms with E-state index in [1.807, 2.05) is 18.2 Å². The second-order valence-corrected chi connectivity index (χ2v) is 12.6. The fraction of sp³-hybridized carbons (Fsp3) is 0.0571. The number of primary amides is 1. The Bertz CT molecular complexity index is 2340. The monoisotopic (exact) mass is 632 g/mol. The van der Waals surface area contributed by atoms with Gasteiger partial charge >= 0.3 is 0 Å². The molecule has 0 radical (unpaired) electrons. The second-order valence-electron chi connectivity index (χ2n) is 10.6. The van der Waals surface area contributed by atoms with Crippen molar-refractivity contribution in [2.45, 2.75) is 11.3 Å². The number of benzene rings is 4. The molecule has 46 heavy (non-hydrogen) atoms. The van der Waals surface area contributed by atoms with Gasteiger partial charge in [-0.2, -0.15) is 4.98 Å². The molecule has 2 N–H and O–H groups in total. The van der Waals surface area contributed by atoms with Gasteiger partial charge in [-0.1, -0.05) is 42.5 Å². The molecule has 11 heteroatoms. The highest BCUT2D eigenvalue weighted by Crippen LogP contribution is 2.41. The van der Waals surface area contributed by atoms with Crippen molar-refractivity contribution in [1.82, 2.24) is 9.97 Å². The van der Waals surface area contributed by atoms with Gasteiger partial charge in [0, 0.05) is 42.2 Å². The second kappa shape index (κ2) is 11.3. The van der Waals surface area contributed by atoms with Gasteiger partial charge in [-0.25, -0.2) is 17.8 Å². The van der Waals surface area contributed by atoms with Crippen molar-refractivity contribution in [3.63, 3.8) is 0 Å². The fourth-order valence-corrected chi connectivity index (χ4v) is 6.68. The average Bonchev–Trinajstić information content (AvgIpc) is 3.66. The lowest BCUT2D eigenvalue weighted by Crippen LogP contribution is -2.27. The zero-order chi connectivity index (χ0) is 32.0. The number of anilines is 1. The SMILES string of the molecule is CN(c1cc2oc(Cc3ccc(F)cc3)c(C(N)=O)c2cc1-c1cccc(-c2nc3ncccc3o2)c1)S(=O)(=O)c1ccccc1. The van der Waals surface area contributed by atoms with E-state index in [4.69, 9.17) is 14.6 Å². The van der Waals surface area contributed by atoms with Gasteiger partial charge in [0.05, 0.1) is 16.1 Å². The Morgan fingerprint density at radius 3 is 2.37 bits per heavy atom. The molecule has 228 valence electrons. The number of carbonyl (C=O) groups is 1. The summed E-state index contributed by atoms with van der Waals surface area (Å²) in [7, 11) is -2.56. The molecule has 7 aromatic rings. The molecule has 0 unspecified atom stereocenters. The lowest BCUT2D eigenvalue weighted by molar-refractivity contribution is 0.1000. The average molecular weight is 633 g/mol. The number of carbonyl (C=O) groups excluding carboxylic acids is 1. The van der Waals surface area contributed by atoms with Crippen LogP contribution in [0.2, 0.25) is 0 Å². The molecule has 3 aromatic heterocycles. The summed E-state index contributed by atoms with van der Waals surface area (Å²) in [5, 5.41) is 0.408. The Kier molecular flexibility index (Phi) is 7.09. The van der Waals surface area contributed by atoms with Gasteiger partial charge in [0.2, 0.25) is 5.89 Å². The van der Waals surface area contributed by atoms with Gasteiger partial charge in [-0.15, -0.1) is 0 Å². The summed E-state index contributed by atoms with van der Waals surface area (Å²) in [4.78, 5) is 21.7. The summed E-state index contributed by atoms with van der Waals surface area (Å²) in [5.41, 5.74) is 10.0. The van der Waals surface area contributed by atoms with E-state index in [9.17, 15) is 17.6 Å². The summed E-state index contributed by atoms with van der Waals surface area (Å²) in [6.07, 6.45) is 1.79. The third-order valence-electron chi connectivity index (χ3n) is 7.73. The minimum Gasteiger partial charge on any atom is -0.460 e. The standard InChI is InChI=1S/C35H25FN4O5S/c1-40(46(42,43)25-9-3-2-4-10-25)28-20-30-27(32(33(37)41)31(44-30)17-21-12-14-24(36)15-13-21)19-26(28)22-7-5-8-23(18-22)35-39-34-29(45-35)11-6-16-38-34/h2-16,18-20H,17H2,1H3,(H2,37,41). The highest BCUT2D eigenvalue weighted by molar-refractivity contribution is 7.92. The number of hydrogen-bond acceptors (Lipinski definition) is 7. The number of pyridine rings is 1. The maximum atomic E-state index is 13.8. The Labute approximate surface area is 262 Å². The summed E-state index contributed by atoms with van der Waals surface area (Å²) in [6.45, 7) is 0. The number of oxazole rings is 1. The number of fused-ring (bicyclic) bond motifs is 2. The molecule has 0 fully saturated rings. The fourth-order valence-electron chi connectivity index (χ4n) is 5.45. The first-order chi connectivity index (χ1) is 22.2. The van der Waals surface area contributed by atoms with Crippen LogP contribution in [0.5, 0.6) is 0 Å². The van der Waals surface area contributed by atoms with Gasteiger partial charge in [0.1, 0.15) is 17.2 Å². The Balaban J connectivity index is 1.43. The maximum Gasteiger partial charge on any atom is 0.264 e. The minimum absolute atomic E-state index is 0.102. The third kappa shape index (κ3) is 5.16. The first kappa shape index (κ1) is 28.9. The van der Waals surface area contributed by atoms with Gasteiger partial charge < -0.3 is 14.6 Å². The number of sulfonamides is 1. The minimum atomic E-state index is -4.02. The largest absolute Gasteiger partial charge is 0.460 e. The molecule has 7 rings (SSSR count). The Hall–Kier alpha value is -5.81. The van der Waals surface area contributed by atoms with Crippen LogP contribution >= 0.6 is 0 Å². The van der Waals surface area contributed by atoms with Crippen LogP contribution < -0.4 is 10.0 Å². The van der Waals surface area contributed by atoms with Crippen LogP contribution in [0.15, 0.2) is 123 Å². The van der Waals surface area contributed by atoms with E-state index in [0.717, 1.165) is 0 Å². The zero-order valence-electron chi connectivity index (χ0n) is 24.3. The van der Waals surface area contributed by atoms with E-state index in [1.54, 1.807) is 66.9 Å². The van der Waals surface area contributed by atoms with Crippen molar-refractivity contribution in [3.8, 4) is 22.6 Å². The van der Waals surface area contributed by atoms with E-state index in [0.29, 0.717) is 50.4 Å². The maximum absolute atomic E-state index is 13.8. The lowest BCUT2D eigenvalue weighted by Gasteiger charge is -2.23. The molecular formula is C35H25FN4O5S. The van der Waals surface area contributed by atoms with Gasteiger partial charge in [0.25, 0.3) is 15.9 Å². The number of nitrogens with two attached hydrogens (primary N) is 1. The van der Waals surface area contributed by atoms with Crippen LogP contribution in [-0.2, 0) is 16.4 Å². The molecule has 0 aliphatic heterocycles. The Morgan fingerprint density at radius 2 is 1.63 bits per heavy atom. The van der Waals surface area contributed by atoms with E-state index in [-0.39, 0.29) is 28.2 Å². The van der Waals surface area contributed by atoms with Crippen molar-refractivity contribution in [1.29, 1.82) is 0 Å². The highest BCUT2D eigenvalue weighted by Gasteiger charge is 2.27. The van der Waals surface area contributed by atoms with Crippen LogP contribution in [0.25, 0.3) is 44.8 Å². The van der Waals surface area contributed by atoms with Crippen LogP contribution in [-0.4, -0.2) is 31.3 Å². The molecule has 0 bridgehead atoms. The summed E-state index contributed by atoms with van der Waals surface area (Å²) in [6, 6.07) is 28.0. The molecule has 9 nitrogen and oxygen atoms in total. The van der Waals surface area contributed by atoms with E-state index < -0.39 is 21.7 Å². The smallest absolute Gasteiger partial charge is 0.264 e. The molecule has 1 amide bonds. The van der Waals surface area contributed by atoms with E-state index >= 15 is 0 Å². The molecule has 0 saturated carbocycles. The van der Waals surface area contributed by atoms with E-state index in [1.165, 1.54) is 35.6 Å². The molecule has 4 aromatic carbocycles. The van der Waals surface area contributed by atoms with Crippen molar-refractivity contribution in [3.05, 3.63) is 132 Å². The highest BCUT2D eigenvalue weighted by atomic mass is 32.2. The van der Waals surface area contributed by atoms with Gasteiger partial charge in [0.15, 0.2) is 11.2 Å². The van der Waals surface area contributed by atoms with E-state index in [2.05, 4.69) is 9.97 Å². The van der Waals surface area contributed by atoms with Gasteiger partial charge in [-0.3, -0.25) is 9.10 Å². The number of hydrogen-bond donors (Lipinski definition) is 1. The first-order valence-corrected chi connectivity index (χ1v) is 15.6.